The second-order valence-electron chi connectivity index (χ2n) is 6.55. The van der Waals surface area contributed by atoms with Crippen LogP contribution in [0.15, 0.2) is 62.2 Å². The average molecular weight is 446 g/mol. The Balaban J connectivity index is 1.36. The minimum atomic E-state index is -0.421. The van der Waals surface area contributed by atoms with Crippen molar-refractivity contribution in [3.63, 3.8) is 0 Å². The Bertz CT molecular complexity index is 1050. The van der Waals surface area contributed by atoms with Crippen molar-refractivity contribution in [1.82, 2.24) is 14.8 Å². The van der Waals surface area contributed by atoms with Crippen molar-refractivity contribution >= 4 is 33.1 Å². The zero-order valence-corrected chi connectivity index (χ0v) is 16.7. The molecular formula is C20H20BrN3O4. The number of benzene rings is 2. The molecule has 0 saturated carbocycles. The first kappa shape index (κ1) is 18.8. The highest BCUT2D eigenvalue weighted by Gasteiger charge is 2.26. The van der Waals surface area contributed by atoms with E-state index >= 15 is 0 Å². The largest absolute Gasteiger partial charge is 0.420 e. The molecule has 1 aliphatic rings. The first-order valence-corrected chi connectivity index (χ1v) is 9.90. The molecule has 1 fully saturated rings. The van der Waals surface area contributed by atoms with E-state index in [4.69, 9.17) is 9.15 Å². The maximum absolute atomic E-state index is 12.6. The molecule has 4 rings (SSSR count). The third-order valence-corrected chi connectivity index (χ3v) is 5.51. The van der Waals surface area contributed by atoms with E-state index in [-0.39, 0.29) is 12.1 Å². The van der Waals surface area contributed by atoms with E-state index in [9.17, 15) is 9.59 Å². The Labute approximate surface area is 170 Å². The number of urea groups is 1. The molecule has 1 N–H and O–H groups in total. The number of rotatable bonds is 4. The van der Waals surface area contributed by atoms with E-state index < -0.39 is 5.76 Å². The molecule has 2 amide bonds. The van der Waals surface area contributed by atoms with E-state index in [2.05, 4.69) is 21.2 Å². The number of aromatic nitrogens is 1. The van der Waals surface area contributed by atoms with Crippen molar-refractivity contribution in [2.24, 2.45) is 0 Å². The van der Waals surface area contributed by atoms with Gasteiger partial charge in [-0.25, -0.2) is 9.59 Å². The van der Waals surface area contributed by atoms with Gasteiger partial charge in [0.1, 0.15) is 6.10 Å². The number of amides is 2. The molecule has 1 aliphatic heterocycles. The molecule has 0 bridgehead atoms. The molecule has 7 nitrogen and oxygen atoms in total. The lowest BCUT2D eigenvalue weighted by Gasteiger charge is -2.33. The van der Waals surface area contributed by atoms with E-state index in [1.54, 1.807) is 11.0 Å². The third kappa shape index (κ3) is 3.83. The molecule has 0 unspecified atom stereocenters. The van der Waals surface area contributed by atoms with Crippen molar-refractivity contribution < 1.29 is 13.9 Å². The molecule has 1 atom stereocenters. The van der Waals surface area contributed by atoms with Crippen LogP contribution in [0.1, 0.15) is 11.7 Å². The smallest absolute Gasteiger partial charge is 0.408 e. The van der Waals surface area contributed by atoms with Crippen LogP contribution in [0, 0.1) is 0 Å². The number of carbonyl (C=O) groups excluding carboxylic acids is 1. The molecule has 1 saturated heterocycles. The summed E-state index contributed by atoms with van der Waals surface area (Å²) in [5.74, 6) is -0.421. The van der Waals surface area contributed by atoms with E-state index in [1.165, 1.54) is 4.57 Å². The van der Waals surface area contributed by atoms with Crippen LogP contribution in [0.25, 0.3) is 11.1 Å². The van der Waals surface area contributed by atoms with Gasteiger partial charge in [-0.15, -0.1) is 0 Å². The van der Waals surface area contributed by atoms with Crippen LogP contribution in [0.2, 0.25) is 0 Å². The standard InChI is InChI=1S/C20H20BrN3O4/c21-15-6-2-1-5-14(15)18-13-23(11-12-27-18)19(25)22-9-10-24-16-7-3-4-8-17(16)28-20(24)26/h1-8,18H,9-13H2,(H,22,25)/t18-/m0/s1. The topological polar surface area (TPSA) is 76.7 Å². The van der Waals surface area contributed by atoms with Crippen LogP contribution >= 0.6 is 15.9 Å². The number of nitrogens with one attached hydrogen (secondary N) is 1. The van der Waals surface area contributed by atoms with Crippen LogP contribution in [0.3, 0.4) is 0 Å². The Morgan fingerprint density at radius 3 is 2.82 bits per heavy atom. The Morgan fingerprint density at radius 1 is 1.18 bits per heavy atom. The number of morpholine rings is 1. The Morgan fingerprint density at radius 2 is 1.96 bits per heavy atom. The molecule has 1 aromatic heterocycles. The summed E-state index contributed by atoms with van der Waals surface area (Å²) in [6.45, 7) is 2.16. The maximum Gasteiger partial charge on any atom is 0.420 e. The third-order valence-electron chi connectivity index (χ3n) is 4.79. The monoisotopic (exact) mass is 445 g/mol. The Kier molecular flexibility index (Phi) is 5.50. The number of nitrogens with zero attached hydrogens (tertiary/aromatic N) is 2. The molecule has 0 aliphatic carbocycles. The predicted molar refractivity (Wildman–Crippen MR) is 108 cm³/mol. The second-order valence-corrected chi connectivity index (χ2v) is 7.40. The van der Waals surface area contributed by atoms with Crippen molar-refractivity contribution in [3.05, 3.63) is 69.1 Å². The van der Waals surface area contributed by atoms with E-state index in [0.717, 1.165) is 15.6 Å². The summed E-state index contributed by atoms with van der Waals surface area (Å²) in [4.78, 5) is 26.3. The normalized spacial score (nSPS) is 17.0. The van der Waals surface area contributed by atoms with Gasteiger partial charge >= 0.3 is 11.8 Å². The lowest BCUT2D eigenvalue weighted by molar-refractivity contribution is -0.0157. The number of ether oxygens (including phenoxy) is 1. The zero-order valence-electron chi connectivity index (χ0n) is 15.1. The van der Waals surface area contributed by atoms with Crippen LogP contribution in [0.5, 0.6) is 0 Å². The van der Waals surface area contributed by atoms with E-state index in [0.29, 0.717) is 38.4 Å². The van der Waals surface area contributed by atoms with Crippen LogP contribution in [-0.4, -0.2) is 41.7 Å². The van der Waals surface area contributed by atoms with Gasteiger partial charge in [-0.3, -0.25) is 4.57 Å². The van der Waals surface area contributed by atoms with Gasteiger partial charge in [0.25, 0.3) is 0 Å². The maximum atomic E-state index is 12.6. The number of oxazole rings is 1. The first-order valence-electron chi connectivity index (χ1n) is 9.10. The molecule has 0 spiro atoms. The molecule has 8 heteroatoms. The first-order chi connectivity index (χ1) is 13.6. The molecule has 146 valence electrons. The number of para-hydroxylation sites is 2. The van der Waals surface area contributed by atoms with Gasteiger partial charge in [-0.05, 0) is 23.8 Å². The number of fused-ring (bicyclic) bond motifs is 1. The highest BCUT2D eigenvalue weighted by Crippen LogP contribution is 2.28. The predicted octanol–water partition coefficient (Wildman–Crippen LogP) is 3.14. The summed E-state index contributed by atoms with van der Waals surface area (Å²) in [7, 11) is 0. The fourth-order valence-electron chi connectivity index (χ4n) is 3.37. The van der Waals surface area contributed by atoms with Gasteiger partial charge in [0, 0.05) is 24.1 Å². The number of carbonyl (C=O) groups is 1. The number of halogens is 1. The van der Waals surface area contributed by atoms with Crippen molar-refractivity contribution in [1.29, 1.82) is 0 Å². The van der Waals surface area contributed by atoms with Gasteiger partial charge in [-0.1, -0.05) is 46.3 Å². The van der Waals surface area contributed by atoms with Crippen LogP contribution in [-0.2, 0) is 11.3 Å². The van der Waals surface area contributed by atoms with Gasteiger partial charge in [0.15, 0.2) is 5.58 Å². The van der Waals surface area contributed by atoms with Gasteiger partial charge in [0.05, 0.1) is 18.7 Å². The lowest BCUT2D eigenvalue weighted by Crippen LogP contribution is -2.48. The fourth-order valence-corrected chi connectivity index (χ4v) is 3.91. The number of hydrogen-bond donors (Lipinski definition) is 1. The summed E-state index contributed by atoms with van der Waals surface area (Å²) in [6, 6.07) is 14.9. The minimum Gasteiger partial charge on any atom is -0.408 e. The van der Waals surface area contributed by atoms with Crippen molar-refractivity contribution in [3.8, 4) is 0 Å². The second kappa shape index (κ2) is 8.20. The average Bonchev–Trinajstić information content (AvgIpc) is 3.04. The Hall–Kier alpha value is -2.58. The van der Waals surface area contributed by atoms with Crippen molar-refractivity contribution in [2.45, 2.75) is 12.6 Å². The SMILES string of the molecule is O=C(NCCn1c(=O)oc2ccccc21)N1CCO[C@H](c2ccccc2Br)C1. The molecule has 28 heavy (non-hydrogen) atoms. The lowest BCUT2D eigenvalue weighted by atomic mass is 10.1. The summed E-state index contributed by atoms with van der Waals surface area (Å²) in [6.07, 6.45) is -0.171. The highest BCUT2D eigenvalue weighted by atomic mass is 79.9. The minimum absolute atomic E-state index is 0.166. The molecule has 3 aromatic rings. The molecule has 2 heterocycles. The summed E-state index contributed by atoms with van der Waals surface area (Å²) < 4.78 is 13.5. The quantitative estimate of drug-likeness (QED) is 0.668. The summed E-state index contributed by atoms with van der Waals surface area (Å²) >= 11 is 3.54. The highest BCUT2D eigenvalue weighted by molar-refractivity contribution is 9.10. The van der Waals surface area contributed by atoms with E-state index in [1.807, 2.05) is 42.5 Å². The zero-order chi connectivity index (χ0) is 19.5. The molecular weight excluding hydrogens is 426 g/mol. The van der Waals surface area contributed by atoms with Gasteiger partial charge in [-0.2, -0.15) is 0 Å². The van der Waals surface area contributed by atoms with Crippen LogP contribution in [0.4, 0.5) is 4.79 Å². The summed E-state index contributed by atoms with van der Waals surface area (Å²) in [5, 5.41) is 2.89. The molecule has 0 radical (unpaired) electrons. The summed E-state index contributed by atoms with van der Waals surface area (Å²) in [5.41, 5.74) is 2.29. The van der Waals surface area contributed by atoms with Gasteiger partial charge < -0.3 is 19.4 Å². The number of hydrogen-bond acceptors (Lipinski definition) is 4. The fraction of sp³-hybridized carbons (Fsp3) is 0.300. The van der Waals surface area contributed by atoms with Crippen LogP contribution < -0.4 is 11.1 Å². The van der Waals surface area contributed by atoms with Crippen molar-refractivity contribution in [2.75, 3.05) is 26.2 Å². The van der Waals surface area contributed by atoms with Gasteiger partial charge in [0.2, 0.25) is 0 Å². The molecule has 2 aromatic carbocycles.